The van der Waals surface area contributed by atoms with Gasteiger partial charge in [0.15, 0.2) is 0 Å². The second-order valence-corrected chi connectivity index (χ2v) is 6.79. The Balaban J connectivity index is 1.32. The standard InChI is InChI=1S/C26H20N2O3/c29-25(18-16-23-15-17-24(31-23)19-7-3-1-4-8-19)27-21-11-13-22(14-12-21)28-26(30)20-9-5-2-6-10-20/h1-18H,(H,27,29)(H,28,30)/b18-16+. The van der Waals surface area contributed by atoms with E-state index in [9.17, 15) is 9.59 Å². The first-order valence-corrected chi connectivity index (χ1v) is 9.78. The van der Waals surface area contributed by atoms with E-state index in [-0.39, 0.29) is 11.8 Å². The van der Waals surface area contributed by atoms with Crippen molar-refractivity contribution in [3.63, 3.8) is 0 Å². The van der Waals surface area contributed by atoms with Gasteiger partial charge in [0.05, 0.1) is 0 Å². The second kappa shape index (κ2) is 9.41. The Morgan fingerprint density at radius 2 is 1.29 bits per heavy atom. The Hall–Kier alpha value is -4.38. The summed E-state index contributed by atoms with van der Waals surface area (Å²) >= 11 is 0. The monoisotopic (exact) mass is 408 g/mol. The Labute approximate surface area is 180 Å². The topological polar surface area (TPSA) is 71.3 Å². The molecular formula is C26H20N2O3. The lowest BCUT2D eigenvalue weighted by Crippen LogP contribution is -2.12. The van der Waals surface area contributed by atoms with E-state index in [2.05, 4.69) is 10.6 Å². The predicted molar refractivity (Wildman–Crippen MR) is 123 cm³/mol. The van der Waals surface area contributed by atoms with Gasteiger partial charge in [-0.05, 0) is 54.6 Å². The summed E-state index contributed by atoms with van der Waals surface area (Å²) in [6.45, 7) is 0. The maximum atomic E-state index is 12.2. The van der Waals surface area contributed by atoms with E-state index in [4.69, 9.17) is 4.42 Å². The third kappa shape index (κ3) is 5.36. The van der Waals surface area contributed by atoms with Gasteiger partial charge in [0.1, 0.15) is 11.5 Å². The van der Waals surface area contributed by atoms with E-state index < -0.39 is 0 Å². The molecule has 2 N–H and O–H groups in total. The van der Waals surface area contributed by atoms with E-state index in [1.807, 2.05) is 60.7 Å². The van der Waals surface area contributed by atoms with Crippen LogP contribution in [0.2, 0.25) is 0 Å². The first-order valence-electron chi connectivity index (χ1n) is 9.78. The quantitative estimate of drug-likeness (QED) is 0.393. The van der Waals surface area contributed by atoms with Crippen molar-refractivity contribution in [3.8, 4) is 11.3 Å². The summed E-state index contributed by atoms with van der Waals surface area (Å²) in [5.41, 5.74) is 2.83. The molecule has 0 bridgehead atoms. The number of nitrogens with one attached hydrogen (secondary N) is 2. The van der Waals surface area contributed by atoms with Gasteiger partial charge in [-0.2, -0.15) is 0 Å². The lowest BCUT2D eigenvalue weighted by molar-refractivity contribution is -0.111. The highest BCUT2D eigenvalue weighted by molar-refractivity contribution is 6.05. The van der Waals surface area contributed by atoms with Crippen molar-refractivity contribution in [1.82, 2.24) is 0 Å². The molecule has 0 saturated heterocycles. The fraction of sp³-hybridized carbons (Fsp3) is 0. The number of anilines is 2. The highest BCUT2D eigenvalue weighted by atomic mass is 16.3. The SMILES string of the molecule is O=C(/C=C/c1ccc(-c2ccccc2)o1)Nc1ccc(NC(=O)c2ccccc2)cc1. The first kappa shape index (κ1) is 19.9. The third-order valence-electron chi connectivity index (χ3n) is 4.53. The van der Waals surface area contributed by atoms with Crippen LogP contribution in [0.25, 0.3) is 17.4 Å². The van der Waals surface area contributed by atoms with Crippen molar-refractivity contribution in [2.75, 3.05) is 10.6 Å². The van der Waals surface area contributed by atoms with Gasteiger partial charge < -0.3 is 15.1 Å². The molecule has 0 fully saturated rings. The van der Waals surface area contributed by atoms with E-state index in [1.165, 1.54) is 6.08 Å². The van der Waals surface area contributed by atoms with Gasteiger partial charge in [0.2, 0.25) is 5.91 Å². The molecule has 0 atom stereocenters. The Morgan fingerprint density at radius 1 is 0.677 bits per heavy atom. The normalized spacial score (nSPS) is 10.7. The molecule has 1 aromatic heterocycles. The smallest absolute Gasteiger partial charge is 0.255 e. The molecule has 31 heavy (non-hydrogen) atoms. The minimum Gasteiger partial charge on any atom is -0.457 e. The molecule has 0 aliphatic carbocycles. The molecular weight excluding hydrogens is 388 g/mol. The maximum Gasteiger partial charge on any atom is 0.255 e. The fourth-order valence-corrected chi connectivity index (χ4v) is 2.97. The highest BCUT2D eigenvalue weighted by Gasteiger charge is 2.06. The number of rotatable bonds is 6. The minimum absolute atomic E-state index is 0.186. The van der Waals surface area contributed by atoms with Crippen LogP contribution in [0, 0.1) is 0 Å². The predicted octanol–water partition coefficient (Wildman–Crippen LogP) is 5.85. The number of hydrogen-bond donors (Lipinski definition) is 2. The molecule has 0 aliphatic heterocycles. The zero-order valence-electron chi connectivity index (χ0n) is 16.6. The molecule has 0 radical (unpaired) electrons. The number of carbonyl (C=O) groups excluding carboxylic acids is 2. The van der Waals surface area contributed by atoms with Gasteiger partial charge in [0.25, 0.3) is 5.91 Å². The molecule has 0 unspecified atom stereocenters. The second-order valence-electron chi connectivity index (χ2n) is 6.79. The van der Waals surface area contributed by atoms with Gasteiger partial charge in [-0.3, -0.25) is 9.59 Å². The first-order chi connectivity index (χ1) is 15.2. The molecule has 5 nitrogen and oxygen atoms in total. The van der Waals surface area contributed by atoms with E-state index in [1.54, 1.807) is 42.5 Å². The van der Waals surface area contributed by atoms with Crippen LogP contribution in [0.1, 0.15) is 16.1 Å². The van der Waals surface area contributed by atoms with Crippen LogP contribution in [0.4, 0.5) is 11.4 Å². The summed E-state index contributed by atoms with van der Waals surface area (Å²) in [5, 5.41) is 5.61. The number of furan rings is 1. The number of hydrogen-bond acceptors (Lipinski definition) is 3. The molecule has 4 rings (SSSR count). The van der Waals surface area contributed by atoms with Crippen molar-refractivity contribution in [3.05, 3.63) is 114 Å². The van der Waals surface area contributed by atoms with E-state index in [0.29, 0.717) is 22.7 Å². The Morgan fingerprint density at radius 3 is 1.97 bits per heavy atom. The molecule has 4 aromatic rings. The summed E-state index contributed by atoms with van der Waals surface area (Å²) in [7, 11) is 0. The molecule has 2 amide bonds. The van der Waals surface area contributed by atoms with Crippen molar-refractivity contribution >= 4 is 29.3 Å². The molecule has 0 saturated carbocycles. The summed E-state index contributed by atoms with van der Waals surface area (Å²) in [4.78, 5) is 24.4. The van der Waals surface area contributed by atoms with Crippen molar-refractivity contribution in [2.45, 2.75) is 0 Å². The van der Waals surface area contributed by atoms with Crippen molar-refractivity contribution in [2.24, 2.45) is 0 Å². The van der Waals surface area contributed by atoms with Crippen LogP contribution in [-0.4, -0.2) is 11.8 Å². The molecule has 152 valence electrons. The van der Waals surface area contributed by atoms with Crippen LogP contribution >= 0.6 is 0 Å². The van der Waals surface area contributed by atoms with Crippen LogP contribution in [-0.2, 0) is 4.79 Å². The summed E-state index contributed by atoms with van der Waals surface area (Å²) in [6.07, 6.45) is 3.04. The molecule has 5 heteroatoms. The average molecular weight is 408 g/mol. The molecule has 3 aromatic carbocycles. The van der Waals surface area contributed by atoms with Gasteiger partial charge in [-0.25, -0.2) is 0 Å². The van der Waals surface area contributed by atoms with Crippen LogP contribution in [0.5, 0.6) is 0 Å². The average Bonchev–Trinajstić information content (AvgIpc) is 3.29. The van der Waals surface area contributed by atoms with Gasteiger partial charge in [-0.1, -0.05) is 48.5 Å². The lowest BCUT2D eigenvalue weighted by Gasteiger charge is -2.07. The zero-order chi connectivity index (χ0) is 21.5. The van der Waals surface area contributed by atoms with Crippen LogP contribution in [0.15, 0.2) is 108 Å². The Bertz CT molecular complexity index is 1190. The minimum atomic E-state index is -0.279. The zero-order valence-corrected chi connectivity index (χ0v) is 16.6. The molecule has 0 spiro atoms. The van der Waals surface area contributed by atoms with Crippen LogP contribution in [0.3, 0.4) is 0 Å². The van der Waals surface area contributed by atoms with Gasteiger partial charge in [0, 0.05) is 28.6 Å². The lowest BCUT2D eigenvalue weighted by atomic mass is 10.2. The van der Waals surface area contributed by atoms with E-state index >= 15 is 0 Å². The summed E-state index contributed by atoms with van der Waals surface area (Å²) in [6, 6.07) is 29.4. The highest BCUT2D eigenvalue weighted by Crippen LogP contribution is 2.22. The number of carbonyl (C=O) groups is 2. The van der Waals surface area contributed by atoms with Gasteiger partial charge in [-0.15, -0.1) is 0 Å². The van der Waals surface area contributed by atoms with Crippen molar-refractivity contribution < 1.29 is 14.0 Å². The Kier molecular flexibility index (Phi) is 6.05. The fourth-order valence-electron chi connectivity index (χ4n) is 2.97. The maximum absolute atomic E-state index is 12.2. The summed E-state index contributed by atoms with van der Waals surface area (Å²) in [5.74, 6) is 0.870. The van der Waals surface area contributed by atoms with E-state index in [0.717, 1.165) is 11.3 Å². The number of amides is 2. The number of benzene rings is 3. The summed E-state index contributed by atoms with van der Waals surface area (Å²) < 4.78 is 5.75. The molecule has 0 aliphatic rings. The van der Waals surface area contributed by atoms with Crippen LogP contribution < -0.4 is 10.6 Å². The largest absolute Gasteiger partial charge is 0.457 e. The van der Waals surface area contributed by atoms with Gasteiger partial charge >= 0.3 is 0 Å². The van der Waals surface area contributed by atoms with Crippen molar-refractivity contribution in [1.29, 1.82) is 0 Å². The molecule has 1 heterocycles. The third-order valence-corrected chi connectivity index (χ3v) is 4.53.